The fraction of sp³-hybridized carbons (Fsp3) is 0.846. The SMILES string of the molecule is CC(C)(C)C(=O)NCC(=O)N1C[C@H]2CNC[C@H]2C1.Cl. The highest BCUT2D eigenvalue weighted by Crippen LogP contribution is 2.26. The van der Waals surface area contributed by atoms with E-state index in [1.54, 1.807) is 0 Å². The molecule has 2 amide bonds. The second kappa shape index (κ2) is 6.09. The number of halogens is 1. The van der Waals surface area contributed by atoms with E-state index in [4.69, 9.17) is 0 Å². The molecule has 2 aliphatic heterocycles. The van der Waals surface area contributed by atoms with Gasteiger partial charge in [-0.2, -0.15) is 0 Å². The lowest BCUT2D eigenvalue weighted by Gasteiger charge is -2.21. The Morgan fingerprint density at radius 2 is 1.74 bits per heavy atom. The summed E-state index contributed by atoms with van der Waals surface area (Å²) < 4.78 is 0. The molecule has 110 valence electrons. The Kier molecular flexibility index (Phi) is 5.21. The summed E-state index contributed by atoms with van der Waals surface area (Å²) >= 11 is 0. The fourth-order valence-electron chi connectivity index (χ4n) is 2.59. The van der Waals surface area contributed by atoms with E-state index in [9.17, 15) is 9.59 Å². The third-order valence-electron chi connectivity index (χ3n) is 3.82. The molecule has 2 heterocycles. The predicted molar refractivity (Wildman–Crippen MR) is 76.1 cm³/mol. The minimum Gasteiger partial charge on any atom is -0.347 e. The molecule has 0 aromatic rings. The second-order valence-electron chi connectivity index (χ2n) is 6.41. The number of carbonyl (C=O) groups is 2. The van der Waals surface area contributed by atoms with Crippen LogP contribution in [0.15, 0.2) is 0 Å². The van der Waals surface area contributed by atoms with Crippen LogP contribution in [0, 0.1) is 17.3 Å². The molecule has 0 radical (unpaired) electrons. The van der Waals surface area contributed by atoms with E-state index in [0.717, 1.165) is 26.2 Å². The highest BCUT2D eigenvalue weighted by atomic mass is 35.5. The van der Waals surface area contributed by atoms with Crippen LogP contribution in [0.2, 0.25) is 0 Å². The summed E-state index contributed by atoms with van der Waals surface area (Å²) in [5, 5.41) is 6.07. The molecule has 2 rings (SSSR count). The van der Waals surface area contributed by atoms with Crippen molar-refractivity contribution < 1.29 is 9.59 Å². The van der Waals surface area contributed by atoms with E-state index in [-0.39, 0.29) is 30.8 Å². The van der Waals surface area contributed by atoms with Crippen LogP contribution in [-0.2, 0) is 9.59 Å². The van der Waals surface area contributed by atoms with Crippen molar-refractivity contribution in [2.75, 3.05) is 32.7 Å². The third kappa shape index (κ3) is 3.83. The highest BCUT2D eigenvalue weighted by molar-refractivity contribution is 5.87. The van der Waals surface area contributed by atoms with Crippen molar-refractivity contribution in [3.05, 3.63) is 0 Å². The molecule has 2 saturated heterocycles. The number of likely N-dealkylation sites (tertiary alicyclic amines) is 1. The van der Waals surface area contributed by atoms with Gasteiger partial charge < -0.3 is 15.5 Å². The molecule has 2 fully saturated rings. The number of hydrogen-bond donors (Lipinski definition) is 2. The zero-order chi connectivity index (χ0) is 13.3. The highest BCUT2D eigenvalue weighted by Gasteiger charge is 2.38. The molecule has 2 aliphatic rings. The third-order valence-corrected chi connectivity index (χ3v) is 3.82. The minimum atomic E-state index is -0.439. The van der Waals surface area contributed by atoms with Crippen molar-refractivity contribution in [3.63, 3.8) is 0 Å². The van der Waals surface area contributed by atoms with E-state index >= 15 is 0 Å². The van der Waals surface area contributed by atoms with Gasteiger partial charge in [0.2, 0.25) is 11.8 Å². The topological polar surface area (TPSA) is 61.4 Å². The van der Waals surface area contributed by atoms with E-state index in [0.29, 0.717) is 11.8 Å². The molecule has 0 aromatic heterocycles. The predicted octanol–water partition coefficient (Wildman–Crippen LogP) is 0.248. The molecule has 2 atom stereocenters. The molecule has 19 heavy (non-hydrogen) atoms. The molecule has 0 aromatic carbocycles. The van der Waals surface area contributed by atoms with Crippen LogP contribution in [0.4, 0.5) is 0 Å². The van der Waals surface area contributed by atoms with Gasteiger partial charge in [-0.1, -0.05) is 20.8 Å². The van der Waals surface area contributed by atoms with Crippen LogP contribution < -0.4 is 10.6 Å². The average Bonchev–Trinajstić information content (AvgIpc) is 2.83. The fourth-order valence-corrected chi connectivity index (χ4v) is 2.59. The number of amides is 2. The number of nitrogens with zero attached hydrogens (tertiary/aromatic N) is 1. The lowest BCUT2D eigenvalue weighted by Crippen LogP contribution is -2.43. The van der Waals surface area contributed by atoms with Crippen molar-refractivity contribution >= 4 is 24.2 Å². The van der Waals surface area contributed by atoms with Crippen molar-refractivity contribution in [1.29, 1.82) is 0 Å². The largest absolute Gasteiger partial charge is 0.347 e. The monoisotopic (exact) mass is 289 g/mol. The Bertz CT molecular complexity index is 342. The summed E-state index contributed by atoms with van der Waals surface area (Å²) in [4.78, 5) is 25.6. The maximum Gasteiger partial charge on any atom is 0.241 e. The quantitative estimate of drug-likeness (QED) is 0.766. The van der Waals surface area contributed by atoms with Crippen LogP contribution >= 0.6 is 12.4 Å². The standard InChI is InChI=1S/C13H23N3O2.ClH/c1-13(2,3)12(18)15-6-11(17)16-7-9-4-14-5-10(9)8-16;/h9-10,14H,4-8H2,1-3H3,(H,15,18);1H/t9-,10+;. The zero-order valence-corrected chi connectivity index (χ0v) is 12.7. The number of rotatable bonds is 2. The van der Waals surface area contributed by atoms with Gasteiger partial charge in [0.1, 0.15) is 0 Å². The average molecular weight is 290 g/mol. The Labute approximate surface area is 120 Å². The van der Waals surface area contributed by atoms with E-state index in [2.05, 4.69) is 10.6 Å². The lowest BCUT2D eigenvalue weighted by molar-refractivity contribution is -0.134. The molecule has 0 unspecified atom stereocenters. The minimum absolute atomic E-state index is 0. The van der Waals surface area contributed by atoms with Crippen LogP contribution in [0.1, 0.15) is 20.8 Å². The van der Waals surface area contributed by atoms with Crippen LogP contribution in [0.5, 0.6) is 0 Å². The Morgan fingerprint density at radius 1 is 1.21 bits per heavy atom. The summed E-state index contributed by atoms with van der Waals surface area (Å²) in [6.45, 7) is 9.37. The number of nitrogens with one attached hydrogen (secondary N) is 2. The van der Waals surface area contributed by atoms with Gasteiger partial charge in [-0.25, -0.2) is 0 Å². The molecular formula is C13H24ClN3O2. The molecule has 6 heteroatoms. The van der Waals surface area contributed by atoms with Crippen molar-refractivity contribution in [3.8, 4) is 0 Å². The first-order valence-corrected chi connectivity index (χ1v) is 6.64. The van der Waals surface area contributed by atoms with Gasteiger partial charge in [-0.3, -0.25) is 9.59 Å². The molecule has 0 bridgehead atoms. The first-order chi connectivity index (χ1) is 8.38. The normalized spacial score (nSPS) is 25.7. The van der Waals surface area contributed by atoms with Crippen LogP contribution in [0.3, 0.4) is 0 Å². The zero-order valence-electron chi connectivity index (χ0n) is 11.9. The molecule has 0 aliphatic carbocycles. The van der Waals surface area contributed by atoms with Gasteiger partial charge in [-0.05, 0) is 11.8 Å². The summed E-state index contributed by atoms with van der Waals surface area (Å²) in [6, 6.07) is 0. The Morgan fingerprint density at radius 3 is 2.21 bits per heavy atom. The first kappa shape index (κ1) is 16.2. The Hall–Kier alpha value is -0.810. The van der Waals surface area contributed by atoms with Gasteiger partial charge in [0.25, 0.3) is 0 Å². The maximum absolute atomic E-state index is 12.0. The first-order valence-electron chi connectivity index (χ1n) is 6.64. The van der Waals surface area contributed by atoms with Crippen LogP contribution in [0.25, 0.3) is 0 Å². The van der Waals surface area contributed by atoms with Crippen molar-refractivity contribution in [1.82, 2.24) is 15.5 Å². The van der Waals surface area contributed by atoms with Crippen LogP contribution in [-0.4, -0.2) is 49.4 Å². The number of fused-ring (bicyclic) bond motifs is 1. The van der Waals surface area contributed by atoms with Gasteiger partial charge in [-0.15, -0.1) is 12.4 Å². The smallest absolute Gasteiger partial charge is 0.241 e. The van der Waals surface area contributed by atoms with E-state index in [1.165, 1.54) is 0 Å². The molecule has 0 saturated carbocycles. The molecule has 5 nitrogen and oxygen atoms in total. The lowest BCUT2D eigenvalue weighted by atomic mass is 9.96. The summed E-state index contributed by atoms with van der Waals surface area (Å²) in [6.07, 6.45) is 0. The van der Waals surface area contributed by atoms with Crippen molar-refractivity contribution in [2.24, 2.45) is 17.3 Å². The second-order valence-corrected chi connectivity index (χ2v) is 6.41. The maximum atomic E-state index is 12.0. The molecular weight excluding hydrogens is 266 g/mol. The summed E-state index contributed by atoms with van der Waals surface area (Å²) in [7, 11) is 0. The Balaban J connectivity index is 0.00000180. The molecule has 2 N–H and O–H groups in total. The summed E-state index contributed by atoms with van der Waals surface area (Å²) in [5.41, 5.74) is -0.439. The van der Waals surface area contributed by atoms with Crippen molar-refractivity contribution in [2.45, 2.75) is 20.8 Å². The van der Waals surface area contributed by atoms with Gasteiger partial charge in [0.15, 0.2) is 0 Å². The van der Waals surface area contributed by atoms with Gasteiger partial charge in [0, 0.05) is 31.6 Å². The van der Waals surface area contributed by atoms with E-state index in [1.807, 2.05) is 25.7 Å². The van der Waals surface area contributed by atoms with Gasteiger partial charge >= 0.3 is 0 Å². The number of hydrogen-bond acceptors (Lipinski definition) is 3. The summed E-state index contributed by atoms with van der Waals surface area (Å²) in [5.74, 6) is 1.18. The van der Waals surface area contributed by atoms with E-state index < -0.39 is 5.41 Å². The number of carbonyl (C=O) groups excluding carboxylic acids is 2. The molecule has 0 spiro atoms. The van der Waals surface area contributed by atoms with Gasteiger partial charge in [0.05, 0.1) is 6.54 Å².